The molecule has 0 bridgehead atoms. The van der Waals surface area contributed by atoms with Crippen LogP contribution in [0, 0.1) is 0 Å². The summed E-state index contributed by atoms with van der Waals surface area (Å²) in [6.07, 6.45) is 3.03. The summed E-state index contributed by atoms with van der Waals surface area (Å²) in [5.74, 6) is 0.462. The van der Waals surface area contributed by atoms with Gasteiger partial charge in [-0.1, -0.05) is 48.5 Å². The Labute approximate surface area is 136 Å². The third-order valence-corrected chi connectivity index (χ3v) is 3.38. The molecule has 0 aliphatic rings. The third kappa shape index (κ3) is 5.60. The molecule has 23 heavy (non-hydrogen) atoms. The summed E-state index contributed by atoms with van der Waals surface area (Å²) in [6.45, 7) is 0.212. The second-order valence-electron chi connectivity index (χ2n) is 5.16. The molecule has 2 aromatic carbocycles. The molecule has 0 spiro atoms. The summed E-state index contributed by atoms with van der Waals surface area (Å²) >= 11 is 0. The third-order valence-electron chi connectivity index (χ3n) is 3.38. The van der Waals surface area contributed by atoms with Crippen molar-refractivity contribution >= 4 is 12.0 Å². The van der Waals surface area contributed by atoms with Gasteiger partial charge in [-0.25, -0.2) is 0 Å². The van der Waals surface area contributed by atoms with Crippen LogP contribution in [0.2, 0.25) is 0 Å². The van der Waals surface area contributed by atoms with Crippen LogP contribution in [0.4, 0.5) is 0 Å². The van der Waals surface area contributed by atoms with E-state index in [9.17, 15) is 9.90 Å². The van der Waals surface area contributed by atoms with Gasteiger partial charge in [-0.05, 0) is 17.7 Å². The number of ether oxygens (including phenoxy) is 1. The van der Waals surface area contributed by atoms with Gasteiger partial charge in [0.15, 0.2) is 0 Å². The molecule has 2 rings (SSSR count). The lowest BCUT2D eigenvalue weighted by atomic mass is 10.1. The minimum Gasteiger partial charge on any atom is -0.496 e. The molecule has 2 aromatic rings. The average molecular weight is 311 g/mol. The Bertz CT molecular complexity index is 653. The number of rotatable bonds is 7. The van der Waals surface area contributed by atoms with Gasteiger partial charge in [-0.15, -0.1) is 0 Å². The highest BCUT2D eigenvalue weighted by Crippen LogP contribution is 2.18. The van der Waals surface area contributed by atoms with Gasteiger partial charge in [0.25, 0.3) is 0 Å². The first-order valence-electron chi connectivity index (χ1n) is 7.50. The molecule has 120 valence electrons. The summed E-state index contributed by atoms with van der Waals surface area (Å²) < 4.78 is 5.22. The molecule has 0 saturated carbocycles. The Kier molecular flexibility index (Phi) is 6.39. The molecule has 0 aliphatic heterocycles. The highest BCUT2D eigenvalue weighted by Gasteiger charge is 2.06. The monoisotopic (exact) mass is 311 g/mol. The first-order chi connectivity index (χ1) is 11.2. The van der Waals surface area contributed by atoms with Crippen LogP contribution >= 0.6 is 0 Å². The highest BCUT2D eigenvalue weighted by molar-refractivity contribution is 5.92. The van der Waals surface area contributed by atoms with Crippen LogP contribution in [-0.4, -0.2) is 30.8 Å². The Hall–Kier alpha value is -2.59. The fourth-order valence-electron chi connectivity index (χ4n) is 2.21. The second kappa shape index (κ2) is 8.76. The fourth-order valence-corrected chi connectivity index (χ4v) is 2.21. The number of para-hydroxylation sites is 1. The molecule has 4 nitrogen and oxygen atoms in total. The lowest BCUT2D eigenvalue weighted by molar-refractivity contribution is -0.116. The number of hydrogen-bond donors (Lipinski definition) is 2. The summed E-state index contributed by atoms with van der Waals surface area (Å²) in [4.78, 5) is 11.8. The Morgan fingerprint density at radius 1 is 1.17 bits per heavy atom. The van der Waals surface area contributed by atoms with Crippen molar-refractivity contribution in [2.75, 3.05) is 13.7 Å². The van der Waals surface area contributed by atoms with E-state index in [4.69, 9.17) is 4.74 Å². The molecule has 1 amide bonds. The van der Waals surface area contributed by atoms with E-state index >= 15 is 0 Å². The molecule has 1 atom stereocenters. The van der Waals surface area contributed by atoms with E-state index in [0.29, 0.717) is 12.2 Å². The molecular weight excluding hydrogens is 290 g/mol. The number of nitrogens with one attached hydrogen (secondary N) is 1. The number of carbonyl (C=O) groups is 1. The summed E-state index contributed by atoms with van der Waals surface area (Å²) in [6, 6.07) is 17.1. The van der Waals surface area contributed by atoms with Crippen molar-refractivity contribution in [1.29, 1.82) is 0 Å². The standard InChI is InChI=1S/C19H21NO3/c1-23-18-10-6-5-9-16(18)11-12-19(22)20-14-17(21)13-15-7-3-2-4-8-15/h2-12,17,21H,13-14H2,1H3,(H,20,22)/b12-11+. The number of methoxy groups -OCH3 is 1. The second-order valence-corrected chi connectivity index (χ2v) is 5.16. The normalized spacial score (nSPS) is 12.1. The topological polar surface area (TPSA) is 58.6 Å². The smallest absolute Gasteiger partial charge is 0.244 e. The molecule has 0 saturated heterocycles. The maximum Gasteiger partial charge on any atom is 0.244 e. The molecule has 0 aromatic heterocycles. The number of amides is 1. The van der Waals surface area contributed by atoms with Gasteiger partial charge in [-0.2, -0.15) is 0 Å². The van der Waals surface area contributed by atoms with E-state index < -0.39 is 6.10 Å². The molecule has 2 N–H and O–H groups in total. The Balaban J connectivity index is 1.81. The van der Waals surface area contributed by atoms with Gasteiger partial charge in [-0.3, -0.25) is 4.79 Å². The number of carbonyl (C=O) groups excluding carboxylic acids is 1. The van der Waals surface area contributed by atoms with Crippen LogP contribution in [0.5, 0.6) is 5.75 Å². The lowest BCUT2D eigenvalue weighted by Crippen LogP contribution is -2.32. The van der Waals surface area contributed by atoms with Crippen LogP contribution in [0.1, 0.15) is 11.1 Å². The van der Waals surface area contributed by atoms with Crippen molar-refractivity contribution in [3.8, 4) is 5.75 Å². The number of aliphatic hydroxyl groups excluding tert-OH is 1. The molecule has 4 heteroatoms. The molecule has 0 aliphatic carbocycles. The predicted octanol–water partition coefficient (Wildman–Crippen LogP) is 2.43. The maximum atomic E-state index is 11.8. The van der Waals surface area contributed by atoms with E-state index in [1.807, 2.05) is 54.6 Å². The fraction of sp³-hybridized carbons (Fsp3) is 0.211. The van der Waals surface area contributed by atoms with Gasteiger partial charge in [0.1, 0.15) is 5.75 Å². The van der Waals surface area contributed by atoms with Gasteiger partial charge in [0.05, 0.1) is 13.2 Å². The average Bonchev–Trinajstić information content (AvgIpc) is 2.59. The van der Waals surface area contributed by atoms with Gasteiger partial charge in [0.2, 0.25) is 5.91 Å². The first-order valence-corrected chi connectivity index (χ1v) is 7.50. The summed E-state index contributed by atoms with van der Waals surface area (Å²) in [5, 5.41) is 12.7. The summed E-state index contributed by atoms with van der Waals surface area (Å²) in [7, 11) is 1.59. The molecule has 0 heterocycles. The van der Waals surface area contributed by atoms with E-state index in [1.54, 1.807) is 13.2 Å². The first kappa shape index (κ1) is 16.8. The predicted molar refractivity (Wildman–Crippen MR) is 91.2 cm³/mol. The number of hydrogen-bond acceptors (Lipinski definition) is 3. The molecule has 0 fully saturated rings. The van der Waals surface area contributed by atoms with E-state index in [-0.39, 0.29) is 12.5 Å². The molecule has 1 unspecified atom stereocenters. The van der Waals surface area contributed by atoms with Crippen LogP contribution in [0.15, 0.2) is 60.7 Å². The van der Waals surface area contributed by atoms with E-state index in [2.05, 4.69) is 5.32 Å². The zero-order valence-corrected chi connectivity index (χ0v) is 13.1. The lowest BCUT2D eigenvalue weighted by Gasteiger charge is -2.11. The van der Waals surface area contributed by atoms with Crippen molar-refractivity contribution in [3.63, 3.8) is 0 Å². The molecular formula is C19H21NO3. The van der Waals surface area contributed by atoms with Crippen LogP contribution in [0.25, 0.3) is 6.08 Å². The van der Waals surface area contributed by atoms with Crippen molar-refractivity contribution < 1.29 is 14.6 Å². The van der Waals surface area contributed by atoms with E-state index in [1.165, 1.54) is 6.08 Å². The van der Waals surface area contributed by atoms with Crippen molar-refractivity contribution in [2.45, 2.75) is 12.5 Å². The largest absolute Gasteiger partial charge is 0.496 e. The van der Waals surface area contributed by atoms with Crippen molar-refractivity contribution in [3.05, 3.63) is 71.8 Å². The number of aliphatic hydroxyl groups is 1. The highest BCUT2D eigenvalue weighted by atomic mass is 16.5. The quantitative estimate of drug-likeness (QED) is 0.772. The maximum absolute atomic E-state index is 11.8. The zero-order valence-electron chi connectivity index (χ0n) is 13.1. The van der Waals surface area contributed by atoms with Crippen LogP contribution in [0.3, 0.4) is 0 Å². The van der Waals surface area contributed by atoms with Crippen LogP contribution in [-0.2, 0) is 11.2 Å². The summed E-state index contributed by atoms with van der Waals surface area (Å²) in [5.41, 5.74) is 1.87. The Morgan fingerprint density at radius 3 is 2.61 bits per heavy atom. The van der Waals surface area contributed by atoms with E-state index in [0.717, 1.165) is 11.1 Å². The van der Waals surface area contributed by atoms with Gasteiger partial charge < -0.3 is 15.2 Å². The van der Waals surface area contributed by atoms with Crippen LogP contribution < -0.4 is 10.1 Å². The molecule has 0 radical (unpaired) electrons. The minimum atomic E-state index is -0.610. The zero-order chi connectivity index (χ0) is 16.5. The SMILES string of the molecule is COc1ccccc1/C=C/C(=O)NCC(O)Cc1ccccc1. The minimum absolute atomic E-state index is 0.212. The van der Waals surface area contributed by atoms with Gasteiger partial charge >= 0.3 is 0 Å². The van der Waals surface area contributed by atoms with Gasteiger partial charge in [0, 0.05) is 24.6 Å². The van der Waals surface area contributed by atoms with Crippen molar-refractivity contribution in [2.24, 2.45) is 0 Å². The Morgan fingerprint density at radius 2 is 1.87 bits per heavy atom. The van der Waals surface area contributed by atoms with Crippen molar-refractivity contribution in [1.82, 2.24) is 5.32 Å². The number of benzene rings is 2.